The lowest BCUT2D eigenvalue weighted by molar-refractivity contribution is 0.0985. The van der Waals surface area contributed by atoms with Gasteiger partial charge in [-0.3, -0.25) is 9.10 Å². The molecule has 28 heavy (non-hydrogen) atoms. The lowest BCUT2D eigenvalue weighted by Crippen LogP contribution is -2.35. The van der Waals surface area contributed by atoms with Gasteiger partial charge in [0.25, 0.3) is 5.91 Å². The Morgan fingerprint density at radius 1 is 1.04 bits per heavy atom. The minimum absolute atomic E-state index is 0.0725. The van der Waals surface area contributed by atoms with Crippen LogP contribution >= 0.6 is 0 Å². The zero-order chi connectivity index (χ0) is 19.9. The van der Waals surface area contributed by atoms with Crippen molar-refractivity contribution in [3.63, 3.8) is 0 Å². The predicted octanol–water partition coefficient (Wildman–Crippen LogP) is 3.94. The quantitative estimate of drug-likeness (QED) is 0.787. The lowest BCUT2D eigenvalue weighted by Gasteiger charge is -2.30. The highest BCUT2D eigenvalue weighted by Crippen LogP contribution is 2.32. The topological polar surface area (TPSA) is 57.7 Å². The SMILES string of the molecule is CC(C)c1ccc2c(c1)CCCN2C(=O)c1cccc(N2CCCS2(=O)=O)c1. The van der Waals surface area contributed by atoms with Crippen molar-refractivity contribution in [1.29, 1.82) is 0 Å². The molecular formula is C22H26N2O3S. The third-order valence-corrected chi connectivity index (χ3v) is 7.48. The van der Waals surface area contributed by atoms with E-state index in [1.165, 1.54) is 15.4 Å². The summed E-state index contributed by atoms with van der Waals surface area (Å²) in [4.78, 5) is 15.1. The molecule has 0 spiro atoms. The number of sulfonamides is 1. The number of anilines is 2. The van der Waals surface area contributed by atoms with Gasteiger partial charge in [0.15, 0.2) is 0 Å². The number of amides is 1. The molecule has 0 atom stereocenters. The first-order valence-corrected chi connectivity index (χ1v) is 11.5. The van der Waals surface area contributed by atoms with E-state index in [0.717, 1.165) is 18.5 Å². The minimum Gasteiger partial charge on any atom is -0.308 e. The Kier molecular flexibility index (Phi) is 4.91. The van der Waals surface area contributed by atoms with E-state index in [0.29, 0.717) is 36.7 Å². The normalized spacial score (nSPS) is 18.4. The first kappa shape index (κ1) is 19.0. The fourth-order valence-corrected chi connectivity index (χ4v) is 5.62. The van der Waals surface area contributed by atoms with Crippen LogP contribution in [0.15, 0.2) is 42.5 Å². The maximum Gasteiger partial charge on any atom is 0.258 e. The molecule has 2 heterocycles. The number of carbonyl (C=O) groups excluding carboxylic acids is 1. The van der Waals surface area contributed by atoms with E-state index in [9.17, 15) is 13.2 Å². The Labute approximate surface area is 167 Å². The molecule has 1 amide bonds. The highest BCUT2D eigenvalue weighted by Gasteiger charge is 2.30. The fraction of sp³-hybridized carbons (Fsp3) is 0.409. The van der Waals surface area contributed by atoms with Gasteiger partial charge < -0.3 is 4.90 Å². The Morgan fingerprint density at radius 3 is 2.57 bits per heavy atom. The molecule has 5 nitrogen and oxygen atoms in total. The number of benzene rings is 2. The van der Waals surface area contributed by atoms with Gasteiger partial charge in [-0.2, -0.15) is 0 Å². The van der Waals surface area contributed by atoms with Gasteiger partial charge >= 0.3 is 0 Å². The predicted molar refractivity (Wildman–Crippen MR) is 113 cm³/mol. The van der Waals surface area contributed by atoms with Gasteiger partial charge in [0, 0.05) is 24.3 Å². The maximum atomic E-state index is 13.3. The Morgan fingerprint density at radius 2 is 1.86 bits per heavy atom. The summed E-state index contributed by atoms with van der Waals surface area (Å²) in [5.41, 5.74) is 4.58. The van der Waals surface area contributed by atoms with Crippen LogP contribution in [0.25, 0.3) is 0 Å². The average molecular weight is 399 g/mol. The second kappa shape index (κ2) is 7.24. The molecule has 0 aromatic heterocycles. The summed E-state index contributed by atoms with van der Waals surface area (Å²) in [6.07, 6.45) is 2.53. The summed E-state index contributed by atoms with van der Waals surface area (Å²) in [7, 11) is -3.26. The number of aryl methyl sites for hydroxylation is 1. The fourth-order valence-electron chi connectivity index (χ4n) is 4.07. The minimum atomic E-state index is -3.26. The Hall–Kier alpha value is -2.34. The van der Waals surface area contributed by atoms with Crippen molar-refractivity contribution < 1.29 is 13.2 Å². The summed E-state index contributed by atoms with van der Waals surface area (Å²) in [6, 6.07) is 13.4. The van der Waals surface area contributed by atoms with E-state index in [-0.39, 0.29) is 11.7 Å². The number of hydrogen-bond donors (Lipinski definition) is 0. The van der Waals surface area contributed by atoms with Crippen LogP contribution in [0.5, 0.6) is 0 Å². The molecule has 2 aliphatic heterocycles. The molecule has 2 aromatic carbocycles. The molecule has 0 saturated carbocycles. The van der Waals surface area contributed by atoms with Gasteiger partial charge in [0.2, 0.25) is 10.0 Å². The van der Waals surface area contributed by atoms with Crippen LogP contribution in [0.3, 0.4) is 0 Å². The van der Waals surface area contributed by atoms with Gasteiger partial charge in [-0.1, -0.05) is 32.0 Å². The third kappa shape index (κ3) is 3.41. The number of rotatable bonds is 3. The smallest absolute Gasteiger partial charge is 0.258 e. The molecule has 1 fully saturated rings. The van der Waals surface area contributed by atoms with E-state index >= 15 is 0 Å². The van der Waals surface area contributed by atoms with Crippen molar-refractivity contribution in [2.45, 2.75) is 39.0 Å². The van der Waals surface area contributed by atoms with E-state index in [1.54, 1.807) is 24.3 Å². The summed E-state index contributed by atoms with van der Waals surface area (Å²) < 4.78 is 25.9. The average Bonchev–Trinajstić information content (AvgIpc) is 3.05. The summed E-state index contributed by atoms with van der Waals surface area (Å²) >= 11 is 0. The van der Waals surface area contributed by atoms with E-state index in [2.05, 4.69) is 32.0 Å². The standard InChI is InChI=1S/C22H26N2O3S/c1-16(2)17-9-10-21-18(14-17)7-4-11-23(21)22(25)19-6-3-8-20(15-19)24-12-5-13-28(24,26)27/h3,6,8-10,14-16H,4-5,7,11-13H2,1-2H3. The second-order valence-corrected chi connectivity index (χ2v) is 9.91. The van der Waals surface area contributed by atoms with Crippen molar-refractivity contribution >= 4 is 27.3 Å². The summed E-state index contributed by atoms with van der Waals surface area (Å²) in [6.45, 7) is 5.50. The monoisotopic (exact) mass is 398 g/mol. The van der Waals surface area contributed by atoms with Crippen LogP contribution in [0.4, 0.5) is 11.4 Å². The molecule has 6 heteroatoms. The molecule has 0 unspecified atom stereocenters. The van der Waals surface area contributed by atoms with Crippen LogP contribution in [0.1, 0.15) is 54.1 Å². The van der Waals surface area contributed by atoms with E-state index in [4.69, 9.17) is 0 Å². The highest BCUT2D eigenvalue weighted by atomic mass is 32.2. The molecule has 0 bridgehead atoms. The van der Waals surface area contributed by atoms with E-state index < -0.39 is 10.0 Å². The number of nitrogens with zero attached hydrogens (tertiary/aromatic N) is 2. The molecule has 148 valence electrons. The highest BCUT2D eigenvalue weighted by molar-refractivity contribution is 7.93. The largest absolute Gasteiger partial charge is 0.308 e. The van der Waals surface area contributed by atoms with Gasteiger partial charge in [-0.15, -0.1) is 0 Å². The zero-order valence-corrected chi connectivity index (χ0v) is 17.2. The summed E-state index contributed by atoms with van der Waals surface area (Å²) in [5.74, 6) is 0.551. The van der Waals surface area contributed by atoms with Crippen LogP contribution in [-0.4, -0.2) is 33.2 Å². The molecule has 4 rings (SSSR count). The number of carbonyl (C=O) groups is 1. The van der Waals surface area contributed by atoms with Gasteiger partial charge in [-0.25, -0.2) is 8.42 Å². The summed E-state index contributed by atoms with van der Waals surface area (Å²) in [5, 5.41) is 0. The molecule has 0 radical (unpaired) electrons. The zero-order valence-electron chi connectivity index (χ0n) is 16.4. The Bertz CT molecular complexity index is 1010. The van der Waals surface area contributed by atoms with Crippen LogP contribution < -0.4 is 9.21 Å². The van der Waals surface area contributed by atoms with Gasteiger partial charge in [0.1, 0.15) is 0 Å². The van der Waals surface area contributed by atoms with Gasteiger partial charge in [-0.05, 0) is 60.6 Å². The van der Waals surface area contributed by atoms with Crippen molar-refractivity contribution in [1.82, 2.24) is 0 Å². The Balaban J connectivity index is 1.65. The lowest BCUT2D eigenvalue weighted by atomic mass is 9.94. The van der Waals surface area contributed by atoms with Crippen LogP contribution in [0.2, 0.25) is 0 Å². The number of hydrogen-bond acceptors (Lipinski definition) is 3. The third-order valence-electron chi connectivity index (χ3n) is 5.61. The van der Waals surface area contributed by atoms with Crippen molar-refractivity contribution in [3.8, 4) is 0 Å². The molecule has 1 saturated heterocycles. The maximum absolute atomic E-state index is 13.3. The van der Waals surface area contributed by atoms with Crippen molar-refractivity contribution in [3.05, 3.63) is 59.2 Å². The van der Waals surface area contributed by atoms with Crippen LogP contribution in [0, 0.1) is 0 Å². The first-order valence-electron chi connectivity index (χ1n) is 9.92. The molecule has 2 aliphatic rings. The number of fused-ring (bicyclic) bond motifs is 1. The van der Waals surface area contributed by atoms with Crippen molar-refractivity contribution in [2.75, 3.05) is 28.0 Å². The van der Waals surface area contributed by atoms with Gasteiger partial charge in [0.05, 0.1) is 11.4 Å². The molecule has 0 N–H and O–H groups in total. The van der Waals surface area contributed by atoms with E-state index in [1.807, 2.05) is 4.90 Å². The molecule has 2 aromatic rings. The van der Waals surface area contributed by atoms with Crippen LogP contribution in [-0.2, 0) is 16.4 Å². The first-order chi connectivity index (χ1) is 13.4. The molecule has 0 aliphatic carbocycles. The van der Waals surface area contributed by atoms with Crippen molar-refractivity contribution in [2.24, 2.45) is 0 Å². The second-order valence-electron chi connectivity index (χ2n) is 7.90. The molecular weight excluding hydrogens is 372 g/mol.